The highest BCUT2D eigenvalue weighted by Crippen LogP contribution is 2.13. The van der Waals surface area contributed by atoms with Crippen molar-refractivity contribution >= 4 is 0 Å². The third-order valence-corrected chi connectivity index (χ3v) is 1.63. The first-order chi connectivity index (χ1) is 5.75. The van der Waals surface area contributed by atoms with Crippen LogP contribution in [0.1, 0.15) is 18.3 Å². The number of aliphatic hydroxyl groups excluding tert-OH is 2. The average molecular weight is 171 g/mol. The molecule has 12 heavy (non-hydrogen) atoms. The summed E-state index contributed by atoms with van der Waals surface area (Å²) in [5.74, 6) is 0.371. The zero-order valence-corrected chi connectivity index (χ0v) is 6.64. The number of aliphatic hydroxyl groups is 2. The van der Waals surface area contributed by atoms with E-state index in [0.717, 1.165) is 0 Å². The Bertz CT molecular complexity index is 212. The van der Waals surface area contributed by atoms with Crippen LogP contribution in [-0.2, 0) is 0 Å². The topological polar surface area (TPSA) is 95.2 Å². The van der Waals surface area contributed by atoms with Gasteiger partial charge in [0, 0.05) is 12.4 Å². The van der Waals surface area contributed by atoms with Gasteiger partial charge >= 0.3 is 0 Å². The fourth-order valence-corrected chi connectivity index (χ4v) is 0.950. The van der Waals surface area contributed by atoms with E-state index in [4.69, 9.17) is 5.73 Å². The second kappa shape index (κ2) is 4.20. The van der Waals surface area contributed by atoms with E-state index in [1.165, 1.54) is 6.20 Å². The molecule has 0 aliphatic heterocycles. The van der Waals surface area contributed by atoms with Gasteiger partial charge in [-0.15, -0.1) is 0 Å². The Morgan fingerprint density at radius 3 is 2.83 bits per heavy atom. The summed E-state index contributed by atoms with van der Waals surface area (Å²) in [6.07, 6.45) is 1.66. The van der Waals surface area contributed by atoms with Gasteiger partial charge in [-0.3, -0.25) is 0 Å². The minimum atomic E-state index is -0.969. The zero-order chi connectivity index (χ0) is 8.97. The number of aromatic amines is 1. The zero-order valence-electron chi connectivity index (χ0n) is 6.64. The standard InChI is InChI=1S/C7H13N3O2/c8-2-1-5(11)6(12)7-9-3-4-10-7/h3-6,11-12H,1-2,8H2,(H,9,10). The van der Waals surface area contributed by atoms with E-state index >= 15 is 0 Å². The van der Waals surface area contributed by atoms with Crippen LogP contribution in [0, 0.1) is 0 Å². The van der Waals surface area contributed by atoms with Gasteiger partial charge in [-0.1, -0.05) is 0 Å². The molecule has 0 aromatic carbocycles. The number of nitrogens with zero attached hydrogens (tertiary/aromatic N) is 1. The Kier molecular flexibility index (Phi) is 3.21. The highest BCUT2D eigenvalue weighted by molar-refractivity contribution is 4.94. The molecule has 0 spiro atoms. The first kappa shape index (κ1) is 9.18. The number of rotatable bonds is 4. The van der Waals surface area contributed by atoms with E-state index in [-0.39, 0.29) is 0 Å². The molecule has 0 fully saturated rings. The number of nitrogens with one attached hydrogen (secondary N) is 1. The fourth-order valence-electron chi connectivity index (χ4n) is 0.950. The van der Waals surface area contributed by atoms with E-state index in [1.807, 2.05) is 0 Å². The Hall–Kier alpha value is -0.910. The van der Waals surface area contributed by atoms with Crippen LogP contribution >= 0.6 is 0 Å². The van der Waals surface area contributed by atoms with Crippen molar-refractivity contribution in [2.75, 3.05) is 6.54 Å². The SMILES string of the molecule is NCCC(O)C(O)c1ncc[nH]1. The molecule has 5 heteroatoms. The Morgan fingerprint density at radius 2 is 2.33 bits per heavy atom. The molecule has 1 aromatic rings. The second-order valence-corrected chi connectivity index (χ2v) is 2.56. The smallest absolute Gasteiger partial charge is 0.137 e. The highest BCUT2D eigenvalue weighted by atomic mass is 16.3. The van der Waals surface area contributed by atoms with Gasteiger partial charge in [0.1, 0.15) is 11.9 Å². The molecule has 0 saturated heterocycles. The lowest BCUT2D eigenvalue weighted by Crippen LogP contribution is -2.22. The van der Waals surface area contributed by atoms with Crippen LogP contribution in [0.4, 0.5) is 0 Å². The van der Waals surface area contributed by atoms with E-state index in [9.17, 15) is 10.2 Å². The summed E-state index contributed by atoms with van der Waals surface area (Å²) in [5.41, 5.74) is 5.22. The number of H-pyrrole nitrogens is 1. The van der Waals surface area contributed by atoms with E-state index in [2.05, 4.69) is 9.97 Å². The first-order valence-corrected chi connectivity index (χ1v) is 3.81. The van der Waals surface area contributed by atoms with Crippen LogP contribution in [-0.4, -0.2) is 32.8 Å². The van der Waals surface area contributed by atoms with Gasteiger partial charge in [-0.2, -0.15) is 0 Å². The highest BCUT2D eigenvalue weighted by Gasteiger charge is 2.18. The number of aromatic nitrogens is 2. The molecular weight excluding hydrogens is 158 g/mol. The van der Waals surface area contributed by atoms with Crippen LogP contribution in [0.15, 0.2) is 12.4 Å². The number of hydrogen-bond donors (Lipinski definition) is 4. The molecule has 1 rings (SSSR count). The van der Waals surface area contributed by atoms with Crippen molar-refractivity contribution in [1.29, 1.82) is 0 Å². The molecule has 1 heterocycles. The summed E-state index contributed by atoms with van der Waals surface area (Å²) < 4.78 is 0. The number of nitrogens with two attached hydrogens (primary N) is 1. The first-order valence-electron chi connectivity index (χ1n) is 3.81. The minimum absolute atomic E-state index is 0.346. The van der Waals surface area contributed by atoms with Crippen molar-refractivity contribution in [3.05, 3.63) is 18.2 Å². The summed E-state index contributed by atoms with van der Waals surface area (Å²) in [6, 6.07) is 0. The fraction of sp³-hybridized carbons (Fsp3) is 0.571. The van der Waals surface area contributed by atoms with Gasteiger partial charge in [-0.25, -0.2) is 4.98 Å². The molecule has 68 valence electrons. The molecule has 0 radical (unpaired) electrons. The van der Waals surface area contributed by atoms with Crippen LogP contribution in [0.25, 0.3) is 0 Å². The molecule has 0 aliphatic rings. The summed E-state index contributed by atoms with van der Waals surface area (Å²) in [5, 5.41) is 18.7. The normalized spacial score (nSPS) is 15.9. The molecule has 2 atom stereocenters. The maximum atomic E-state index is 9.41. The quantitative estimate of drug-likeness (QED) is 0.474. The molecule has 2 unspecified atom stereocenters. The molecule has 0 saturated carbocycles. The summed E-state index contributed by atoms with van der Waals surface area (Å²) in [7, 11) is 0. The second-order valence-electron chi connectivity index (χ2n) is 2.56. The van der Waals surface area contributed by atoms with Crippen LogP contribution in [0.3, 0.4) is 0 Å². The Balaban J connectivity index is 2.53. The molecule has 0 bridgehead atoms. The summed E-state index contributed by atoms with van der Waals surface area (Å²) in [6.45, 7) is 0.346. The van der Waals surface area contributed by atoms with E-state index in [0.29, 0.717) is 18.8 Å². The lowest BCUT2D eigenvalue weighted by Gasteiger charge is -2.14. The molecule has 5 N–H and O–H groups in total. The monoisotopic (exact) mass is 171 g/mol. The lowest BCUT2D eigenvalue weighted by atomic mass is 10.1. The van der Waals surface area contributed by atoms with Crippen molar-refractivity contribution in [1.82, 2.24) is 9.97 Å². The summed E-state index contributed by atoms with van der Waals surface area (Å²) in [4.78, 5) is 6.53. The predicted molar refractivity (Wildman–Crippen MR) is 43.2 cm³/mol. The number of imidazole rings is 1. The van der Waals surface area contributed by atoms with Crippen molar-refractivity contribution < 1.29 is 10.2 Å². The molecular formula is C7H13N3O2. The van der Waals surface area contributed by atoms with Gasteiger partial charge in [0.25, 0.3) is 0 Å². The maximum absolute atomic E-state index is 9.41. The van der Waals surface area contributed by atoms with Crippen molar-refractivity contribution in [2.45, 2.75) is 18.6 Å². The molecule has 0 amide bonds. The largest absolute Gasteiger partial charge is 0.390 e. The van der Waals surface area contributed by atoms with E-state index < -0.39 is 12.2 Å². The van der Waals surface area contributed by atoms with Gasteiger partial charge in [0.15, 0.2) is 0 Å². The lowest BCUT2D eigenvalue weighted by molar-refractivity contribution is 0.0102. The number of hydrogen-bond acceptors (Lipinski definition) is 4. The van der Waals surface area contributed by atoms with Crippen molar-refractivity contribution in [3.63, 3.8) is 0 Å². The molecule has 1 aromatic heterocycles. The molecule has 0 aliphatic carbocycles. The Labute approximate surface area is 70.2 Å². The van der Waals surface area contributed by atoms with Gasteiger partial charge < -0.3 is 20.9 Å². The predicted octanol–water partition coefficient (Wildman–Crippen LogP) is -0.847. The van der Waals surface area contributed by atoms with E-state index in [1.54, 1.807) is 6.20 Å². The van der Waals surface area contributed by atoms with Crippen LogP contribution in [0.5, 0.6) is 0 Å². The maximum Gasteiger partial charge on any atom is 0.137 e. The Morgan fingerprint density at radius 1 is 1.58 bits per heavy atom. The minimum Gasteiger partial charge on any atom is -0.390 e. The third-order valence-electron chi connectivity index (χ3n) is 1.63. The average Bonchev–Trinajstić information content (AvgIpc) is 2.55. The van der Waals surface area contributed by atoms with Crippen molar-refractivity contribution in [3.8, 4) is 0 Å². The van der Waals surface area contributed by atoms with Gasteiger partial charge in [0.2, 0.25) is 0 Å². The summed E-state index contributed by atoms with van der Waals surface area (Å²) >= 11 is 0. The van der Waals surface area contributed by atoms with Crippen molar-refractivity contribution in [2.24, 2.45) is 5.73 Å². The third kappa shape index (κ3) is 2.04. The van der Waals surface area contributed by atoms with Crippen LogP contribution < -0.4 is 5.73 Å². The van der Waals surface area contributed by atoms with Gasteiger partial charge in [-0.05, 0) is 13.0 Å². The van der Waals surface area contributed by atoms with Gasteiger partial charge in [0.05, 0.1) is 6.10 Å². The molecule has 5 nitrogen and oxygen atoms in total. The van der Waals surface area contributed by atoms with Crippen LogP contribution in [0.2, 0.25) is 0 Å².